The number of aromatic nitrogens is 2. The molecule has 2 aromatic carbocycles. The molecule has 10 nitrogen and oxygen atoms in total. The van der Waals surface area contributed by atoms with Crippen LogP contribution in [0.3, 0.4) is 0 Å². The van der Waals surface area contributed by atoms with Gasteiger partial charge in [0.15, 0.2) is 5.11 Å². The van der Waals surface area contributed by atoms with Gasteiger partial charge in [0.2, 0.25) is 5.91 Å². The first kappa shape index (κ1) is 25.9. The van der Waals surface area contributed by atoms with Crippen LogP contribution in [0, 0.1) is 10.1 Å². The van der Waals surface area contributed by atoms with Crippen LogP contribution in [-0.2, 0) is 4.79 Å². The standard InChI is InChI=1S/C28H26N6O4S/c1-3-25(35)30-21-13-12-19(17-24(21)38-2)33-27(26(31-28(33)39)22-10-4-5-14-29-22)23-11-7-15-32(23)18-8-6-9-20(16-18)34(36)37/h4-17,26-27H,3H2,1-2H3,(H,30,35)(H,31,39)/t26-,27-/m0/s1. The lowest BCUT2D eigenvalue weighted by molar-refractivity contribution is -0.384. The van der Waals surface area contributed by atoms with Gasteiger partial charge in [-0.05, 0) is 54.7 Å². The Hall–Kier alpha value is -4.77. The van der Waals surface area contributed by atoms with Crippen LogP contribution < -0.4 is 20.3 Å². The van der Waals surface area contributed by atoms with Gasteiger partial charge in [-0.3, -0.25) is 19.9 Å². The van der Waals surface area contributed by atoms with Crippen molar-refractivity contribution in [1.82, 2.24) is 14.9 Å². The number of anilines is 2. The smallest absolute Gasteiger partial charge is 0.271 e. The molecule has 1 aliphatic heterocycles. The minimum Gasteiger partial charge on any atom is -0.494 e. The number of thiocarbonyl (C=S) groups is 1. The Morgan fingerprint density at radius 3 is 2.69 bits per heavy atom. The highest BCUT2D eigenvalue weighted by Crippen LogP contribution is 2.44. The predicted molar refractivity (Wildman–Crippen MR) is 152 cm³/mol. The van der Waals surface area contributed by atoms with E-state index in [2.05, 4.69) is 15.6 Å². The number of methoxy groups -OCH3 is 1. The molecule has 0 saturated carbocycles. The Kier molecular flexibility index (Phi) is 7.24. The van der Waals surface area contributed by atoms with Gasteiger partial charge in [0.25, 0.3) is 5.69 Å². The maximum atomic E-state index is 12.0. The summed E-state index contributed by atoms with van der Waals surface area (Å²) in [6.07, 6.45) is 3.94. The minimum atomic E-state index is -0.410. The summed E-state index contributed by atoms with van der Waals surface area (Å²) in [6, 6.07) is 20.8. The topological polar surface area (TPSA) is 115 Å². The summed E-state index contributed by atoms with van der Waals surface area (Å²) in [6.45, 7) is 1.78. The molecule has 3 heterocycles. The van der Waals surface area contributed by atoms with Crippen molar-refractivity contribution in [3.05, 3.63) is 107 Å². The first-order chi connectivity index (χ1) is 18.9. The van der Waals surface area contributed by atoms with Crippen LogP contribution in [-0.4, -0.2) is 32.6 Å². The Morgan fingerprint density at radius 2 is 1.97 bits per heavy atom. The van der Waals surface area contributed by atoms with E-state index in [0.717, 1.165) is 17.1 Å². The van der Waals surface area contributed by atoms with E-state index in [1.807, 2.05) is 64.2 Å². The normalized spacial score (nSPS) is 16.6. The summed E-state index contributed by atoms with van der Waals surface area (Å²) in [5.41, 5.74) is 3.59. The van der Waals surface area contributed by atoms with Gasteiger partial charge in [-0.2, -0.15) is 0 Å². The van der Waals surface area contributed by atoms with Crippen LogP contribution in [0.5, 0.6) is 5.75 Å². The van der Waals surface area contributed by atoms with Crippen LogP contribution in [0.4, 0.5) is 17.1 Å². The van der Waals surface area contributed by atoms with Crippen molar-refractivity contribution in [2.24, 2.45) is 0 Å². The van der Waals surface area contributed by atoms with Gasteiger partial charge in [0.05, 0.1) is 35.1 Å². The van der Waals surface area contributed by atoms with E-state index in [1.165, 1.54) is 6.07 Å². The number of nitro groups is 1. The maximum absolute atomic E-state index is 12.0. The number of rotatable bonds is 8. The number of nitrogens with one attached hydrogen (secondary N) is 2. The van der Waals surface area contributed by atoms with E-state index in [4.69, 9.17) is 17.0 Å². The summed E-state index contributed by atoms with van der Waals surface area (Å²) < 4.78 is 7.53. The van der Waals surface area contributed by atoms with Gasteiger partial charge >= 0.3 is 0 Å². The van der Waals surface area contributed by atoms with Gasteiger partial charge in [0.1, 0.15) is 11.8 Å². The molecule has 0 bridgehead atoms. The molecule has 1 fully saturated rings. The molecule has 2 N–H and O–H groups in total. The van der Waals surface area contributed by atoms with Crippen molar-refractivity contribution in [2.45, 2.75) is 25.4 Å². The number of pyridine rings is 1. The number of nitrogens with zero attached hydrogens (tertiary/aromatic N) is 4. The number of carbonyl (C=O) groups excluding carboxylic acids is 1. The van der Waals surface area contributed by atoms with Gasteiger partial charge in [-0.25, -0.2) is 0 Å². The second-order valence-corrected chi connectivity index (χ2v) is 9.25. The number of nitro benzene ring substituents is 1. The average Bonchev–Trinajstić information content (AvgIpc) is 3.58. The fourth-order valence-electron chi connectivity index (χ4n) is 4.73. The minimum absolute atomic E-state index is 0.000184. The highest BCUT2D eigenvalue weighted by molar-refractivity contribution is 7.80. The number of amides is 1. The van der Waals surface area contributed by atoms with E-state index < -0.39 is 4.92 Å². The van der Waals surface area contributed by atoms with Crippen molar-refractivity contribution < 1.29 is 14.5 Å². The van der Waals surface area contributed by atoms with Crippen LogP contribution in [0.1, 0.15) is 36.8 Å². The van der Waals surface area contributed by atoms with Crippen LogP contribution in [0.15, 0.2) is 85.2 Å². The van der Waals surface area contributed by atoms with E-state index in [-0.39, 0.29) is 23.7 Å². The number of hydrogen-bond acceptors (Lipinski definition) is 6. The summed E-state index contributed by atoms with van der Waals surface area (Å²) >= 11 is 5.84. The van der Waals surface area contributed by atoms with Gasteiger partial charge in [-0.15, -0.1) is 0 Å². The molecule has 1 aliphatic rings. The molecule has 198 valence electrons. The molecule has 1 saturated heterocycles. The second kappa shape index (κ2) is 10.9. The van der Waals surface area contributed by atoms with Crippen molar-refractivity contribution >= 4 is 40.3 Å². The fourth-order valence-corrected chi connectivity index (χ4v) is 5.08. The molecule has 5 rings (SSSR count). The molecule has 0 unspecified atom stereocenters. The molecule has 0 spiro atoms. The lowest BCUT2D eigenvalue weighted by Crippen LogP contribution is -2.30. The van der Waals surface area contributed by atoms with E-state index in [1.54, 1.807) is 38.4 Å². The molecule has 2 aromatic heterocycles. The Bertz CT molecular complexity index is 1540. The van der Waals surface area contributed by atoms with Crippen molar-refractivity contribution in [3.8, 4) is 11.4 Å². The zero-order valence-corrected chi connectivity index (χ0v) is 22.1. The van der Waals surface area contributed by atoms with Crippen molar-refractivity contribution in [2.75, 3.05) is 17.3 Å². The quantitative estimate of drug-likeness (QED) is 0.175. The number of ether oxygens (including phenoxy) is 1. The summed E-state index contributed by atoms with van der Waals surface area (Å²) in [7, 11) is 1.54. The second-order valence-electron chi connectivity index (χ2n) is 8.86. The van der Waals surface area contributed by atoms with E-state index in [0.29, 0.717) is 28.7 Å². The van der Waals surface area contributed by atoms with Crippen LogP contribution >= 0.6 is 12.2 Å². The highest BCUT2D eigenvalue weighted by atomic mass is 32.1. The van der Waals surface area contributed by atoms with Crippen molar-refractivity contribution in [1.29, 1.82) is 0 Å². The Labute approximate surface area is 230 Å². The average molecular weight is 543 g/mol. The fraction of sp³-hybridized carbons (Fsp3) is 0.179. The summed E-state index contributed by atoms with van der Waals surface area (Å²) in [5.74, 6) is 0.369. The predicted octanol–water partition coefficient (Wildman–Crippen LogP) is 5.31. The zero-order valence-electron chi connectivity index (χ0n) is 21.3. The monoisotopic (exact) mass is 542 g/mol. The maximum Gasteiger partial charge on any atom is 0.271 e. The van der Waals surface area contributed by atoms with Gasteiger partial charge in [-0.1, -0.05) is 19.1 Å². The SMILES string of the molecule is CCC(=O)Nc1ccc(N2C(=S)N[C@@H](c3ccccn3)[C@@H]2c2cccn2-c2cccc([N+](=O)[O-])c2)cc1OC. The van der Waals surface area contributed by atoms with Crippen LogP contribution in [0.2, 0.25) is 0 Å². The third-order valence-electron chi connectivity index (χ3n) is 6.56. The lowest BCUT2D eigenvalue weighted by atomic mass is 10.0. The molecule has 0 aliphatic carbocycles. The van der Waals surface area contributed by atoms with Gasteiger partial charge in [0, 0.05) is 48.4 Å². The highest BCUT2D eigenvalue weighted by Gasteiger charge is 2.42. The lowest BCUT2D eigenvalue weighted by Gasteiger charge is -2.29. The summed E-state index contributed by atoms with van der Waals surface area (Å²) in [4.78, 5) is 29.7. The van der Waals surface area contributed by atoms with Crippen molar-refractivity contribution in [3.63, 3.8) is 0 Å². The zero-order chi connectivity index (χ0) is 27.5. The van der Waals surface area contributed by atoms with E-state index >= 15 is 0 Å². The molecular formula is C28H26N6O4S. The number of carbonyl (C=O) groups is 1. The summed E-state index contributed by atoms with van der Waals surface area (Å²) in [5, 5.41) is 18.2. The molecule has 11 heteroatoms. The molecule has 2 atom stereocenters. The third-order valence-corrected chi connectivity index (χ3v) is 6.87. The number of non-ortho nitro benzene ring substituents is 1. The Balaban J connectivity index is 1.64. The molecular weight excluding hydrogens is 516 g/mol. The number of benzene rings is 2. The molecule has 0 radical (unpaired) electrons. The molecule has 4 aromatic rings. The Morgan fingerprint density at radius 1 is 1.13 bits per heavy atom. The molecule has 39 heavy (non-hydrogen) atoms. The first-order valence-electron chi connectivity index (χ1n) is 12.3. The van der Waals surface area contributed by atoms with E-state index in [9.17, 15) is 14.9 Å². The number of hydrogen-bond donors (Lipinski definition) is 2. The first-order valence-corrected chi connectivity index (χ1v) is 12.7. The van der Waals surface area contributed by atoms with Crippen LogP contribution in [0.25, 0.3) is 5.69 Å². The largest absolute Gasteiger partial charge is 0.494 e. The third kappa shape index (κ3) is 5.04. The molecule has 1 amide bonds. The van der Waals surface area contributed by atoms with Gasteiger partial charge < -0.3 is 24.8 Å².